The Balaban J connectivity index is 1.84. The summed E-state index contributed by atoms with van der Waals surface area (Å²) in [5.41, 5.74) is 2.21. The minimum absolute atomic E-state index is 0.536. The van der Waals surface area contributed by atoms with Crippen LogP contribution in [0.1, 0.15) is 51.6 Å². The second-order valence-electron chi connectivity index (χ2n) is 5.59. The number of hydrogen-bond acceptors (Lipinski definition) is 1. The summed E-state index contributed by atoms with van der Waals surface area (Å²) < 4.78 is 0. The molecule has 20 heavy (non-hydrogen) atoms. The highest BCUT2D eigenvalue weighted by atomic mass is 35.5. The Hall–Kier alpha value is -0.990. The zero-order valence-electron chi connectivity index (χ0n) is 12.5. The first kappa shape index (κ1) is 15.4. The molecule has 0 amide bonds. The zero-order chi connectivity index (χ0) is 14.4. The summed E-state index contributed by atoms with van der Waals surface area (Å²) in [7, 11) is 0. The smallest absolute Gasteiger partial charge is 0.0705 e. The first-order valence-electron chi connectivity index (χ1n) is 7.70. The summed E-state index contributed by atoms with van der Waals surface area (Å²) in [5, 5.41) is 5.53. The van der Waals surface area contributed by atoms with Crippen molar-refractivity contribution in [2.45, 2.75) is 58.5 Å². The normalized spacial score (nSPS) is 12.9. The van der Waals surface area contributed by atoms with Crippen molar-refractivity contribution in [1.82, 2.24) is 10.3 Å². The first-order chi connectivity index (χ1) is 9.72. The van der Waals surface area contributed by atoms with E-state index in [1.807, 2.05) is 12.1 Å². The molecule has 0 aliphatic heterocycles. The fraction of sp³-hybridized carbons (Fsp3) is 0.529. The van der Waals surface area contributed by atoms with Crippen molar-refractivity contribution in [3.05, 3.63) is 35.0 Å². The van der Waals surface area contributed by atoms with E-state index in [2.05, 4.69) is 36.3 Å². The molecule has 0 spiro atoms. The molecular formula is C17H25ClN2. The third-order valence-electron chi connectivity index (χ3n) is 3.83. The van der Waals surface area contributed by atoms with Gasteiger partial charge in [-0.05, 0) is 19.4 Å². The lowest BCUT2D eigenvalue weighted by atomic mass is 10.1. The molecule has 0 saturated heterocycles. The van der Waals surface area contributed by atoms with Crippen LogP contribution in [0, 0.1) is 0 Å². The molecule has 3 heteroatoms. The standard InChI is InChI=1S/C17H25ClN2/c1-3-4-5-6-9-13(2)19-12-16-17(18)14-10-7-8-11-15(14)20-16/h7-8,10-11,13,19-20H,3-6,9,12H2,1-2H3. The molecule has 1 atom stereocenters. The van der Waals surface area contributed by atoms with Crippen molar-refractivity contribution in [2.24, 2.45) is 0 Å². The van der Waals surface area contributed by atoms with Crippen molar-refractivity contribution in [3.8, 4) is 0 Å². The molecule has 1 unspecified atom stereocenters. The first-order valence-corrected chi connectivity index (χ1v) is 8.08. The van der Waals surface area contributed by atoms with Crippen LogP contribution < -0.4 is 5.32 Å². The van der Waals surface area contributed by atoms with Gasteiger partial charge in [-0.1, -0.05) is 62.4 Å². The third-order valence-corrected chi connectivity index (χ3v) is 4.26. The van der Waals surface area contributed by atoms with E-state index in [9.17, 15) is 0 Å². The molecule has 1 aromatic carbocycles. The molecule has 0 aliphatic carbocycles. The van der Waals surface area contributed by atoms with Gasteiger partial charge in [0.1, 0.15) is 0 Å². The molecule has 2 N–H and O–H groups in total. The molecule has 110 valence electrons. The van der Waals surface area contributed by atoms with Crippen molar-refractivity contribution >= 4 is 22.5 Å². The van der Waals surface area contributed by atoms with Crippen LogP contribution in [0.2, 0.25) is 5.02 Å². The van der Waals surface area contributed by atoms with Gasteiger partial charge in [0.05, 0.1) is 5.02 Å². The van der Waals surface area contributed by atoms with Crippen LogP contribution in [0.4, 0.5) is 0 Å². The van der Waals surface area contributed by atoms with Gasteiger partial charge in [0.2, 0.25) is 0 Å². The average Bonchev–Trinajstić information content (AvgIpc) is 2.78. The monoisotopic (exact) mass is 292 g/mol. The SMILES string of the molecule is CCCCCCC(C)NCc1[nH]c2ccccc2c1Cl. The minimum atomic E-state index is 0.536. The number of benzene rings is 1. The number of rotatable bonds is 8. The lowest BCUT2D eigenvalue weighted by Crippen LogP contribution is -2.25. The maximum absolute atomic E-state index is 6.41. The van der Waals surface area contributed by atoms with Gasteiger partial charge >= 0.3 is 0 Å². The van der Waals surface area contributed by atoms with Crippen molar-refractivity contribution in [3.63, 3.8) is 0 Å². The van der Waals surface area contributed by atoms with Gasteiger partial charge in [0, 0.05) is 29.2 Å². The summed E-state index contributed by atoms with van der Waals surface area (Å²) in [5.74, 6) is 0. The highest BCUT2D eigenvalue weighted by molar-refractivity contribution is 6.36. The quantitative estimate of drug-likeness (QED) is 0.637. The van der Waals surface area contributed by atoms with E-state index >= 15 is 0 Å². The van der Waals surface area contributed by atoms with E-state index in [-0.39, 0.29) is 0 Å². The molecule has 2 rings (SSSR count). The fourth-order valence-electron chi connectivity index (χ4n) is 2.54. The molecule has 2 aromatic rings. The molecule has 1 heterocycles. The Morgan fingerprint density at radius 2 is 2.00 bits per heavy atom. The van der Waals surface area contributed by atoms with Crippen molar-refractivity contribution < 1.29 is 0 Å². The van der Waals surface area contributed by atoms with Gasteiger partial charge in [0.25, 0.3) is 0 Å². The van der Waals surface area contributed by atoms with Gasteiger partial charge in [-0.15, -0.1) is 0 Å². The van der Waals surface area contributed by atoms with Gasteiger partial charge in [-0.25, -0.2) is 0 Å². The maximum Gasteiger partial charge on any atom is 0.0705 e. The molecule has 0 fully saturated rings. The molecule has 0 radical (unpaired) electrons. The van der Waals surface area contributed by atoms with Gasteiger partial charge in [0.15, 0.2) is 0 Å². The number of nitrogens with one attached hydrogen (secondary N) is 2. The molecule has 0 bridgehead atoms. The molecule has 0 saturated carbocycles. The number of aromatic nitrogens is 1. The second-order valence-corrected chi connectivity index (χ2v) is 5.97. The Bertz CT molecular complexity index is 533. The predicted octanol–water partition coefficient (Wildman–Crippen LogP) is 5.27. The zero-order valence-corrected chi connectivity index (χ0v) is 13.3. The number of H-pyrrole nitrogens is 1. The van der Waals surface area contributed by atoms with E-state index in [4.69, 9.17) is 11.6 Å². The number of fused-ring (bicyclic) bond motifs is 1. The second kappa shape index (κ2) is 7.70. The van der Waals surface area contributed by atoms with Crippen LogP contribution in [0.3, 0.4) is 0 Å². The van der Waals surface area contributed by atoms with Gasteiger partial charge in [-0.2, -0.15) is 0 Å². The van der Waals surface area contributed by atoms with Crippen LogP contribution in [-0.2, 0) is 6.54 Å². The number of hydrogen-bond donors (Lipinski definition) is 2. The van der Waals surface area contributed by atoms with Crippen LogP contribution >= 0.6 is 11.6 Å². The molecule has 2 nitrogen and oxygen atoms in total. The van der Waals surface area contributed by atoms with Crippen LogP contribution in [-0.4, -0.2) is 11.0 Å². The number of halogens is 1. The summed E-state index contributed by atoms with van der Waals surface area (Å²) >= 11 is 6.41. The van der Waals surface area contributed by atoms with E-state index in [0.717, 1.165) is 28.2 Å². The van der Waals surface area contributed by atoms with Crippen LogP contribution in [0.15, 0.2) is 24.3 Å². The number of aromatic amines is 1. The van der Waals surface area contributed by atoms with Crippen LogP contribution in [0.5, 0.6) is 0 Å². The van der Waals surface area contributed by atoms with Gasteiger partial charge in [-0.3, -0.25) is 0 Å². The average molecular weight is 293 g/mol. The molecule has 1 aromatic heterocycles. The third kappa shape index (κ3) is 4.00. The molecular weight excluding hydrogens is 268 g/mol. The largest absolute Gasteiger partial charge is 0.356 e. The van der Waals surface area contributed by atoms with E-state index in [1.54, 1.807) is 0 Å². The Labute approximate surface area is 126 Å². The van der Waals surface area contributed by atoms with Crippen molar-refractivity contribution in [2.75, 3.05) is 0 Å². The highest BCUT2D eigenvalue weighted by Crippen LogP contribution is 2.27. The van der Waals surface area contributed by atoms with Gasteiger partial charge < -0.3 is 10.3 Å². The summed E-state index contributed by atoms with van der Waals surface area (Å²) in [4.78, 5) is 3.40. The lowest BCUT2D eigenvalue weighted by Gasteiger charge is -2.13. The Kier molecular flexibility index (Phi) is 5.93. The lowest BCUT2D eigenvalue weighted by molar-refractivity contribution is 0.480. The molecule has 0 aliphatic rings. The summed E-state index contributed by atoms with van der Waals surface area (Å²) in [6.45, 7) is 5.31. The number of para-hydroxylation sites is 1. The topological polar surface area (TPSA) is 27.8 Å². The number of unbranched alkanes of at least 4 members (excludes halogenated alkanes) is 3. The van der Waals surface area contributed by atoms with E-state index < -0.39 is 0 Å². The summed E-state index contributed by atoms with van der Waals surface area (Å²) in [6.07, 6.45) is 6.53. The van der Waals surface area contributed by atoms with Crippen LogP contribution in [0.25, 0.3) is 10.9 Å². The maximum atomic E-state index is 6.41. The minimum Gasteiger partial charge on any atom is -0.356 e. The highest BCUT2D eigenvalue weighted by Gasteiger charge is 2.09. The Morgan fingerprint density at radius 1 is 1.20 bits per heavy atom. The van der Waals surface area contributed by atoms with E-state index in [0.29, 0.717) is 6.04 Å². The van der Waals surface area contributed by atoms with E-state index in [1.165, 1.54) is 32.1 Å². The summed E-state index contributed by atoms with van der Waals surface area (Å²) in [6, 6.07) is 8.72. The predicted molar refractivity (Wildman–Crippen MR) is 88.4 cm³/mol. The Morgan fingerprint density at radius 3 is 2.75 bits per heavy atom. The fourth-order valence-corrected chi connectivity index (χ4v) is 2.82. The van der Waals surface area contributed by atoms with Crippen molar-refractivity contribution in [1.29, 1.82) is 0 Å².